The van der Waals surface area contributed by atoms with E-state index in [0.717, 1.165) is 16.7 Å². The Morgan fingerprint density at radius 3 is 2.00 bits per heavy atom. The van der Waals surface area contributed by atoms with E-state index in [9.17, 15) is 19.2 Å². The number of benzene rings is 3. The van der Waals surface area contributed by atoms with Gasteiger partial charge in [0.2, 0.25) is 11.8 Å². The first-order chi connectivity index (χ1) is 16.0. The summed E-state index contributed by atoms with van der Waals surface area (Å²) < 4.78 is 0. The Hall–Kier alpha value is -4.26. The van der Waals surface area contributed by atoms with Crippen molar-refractivity contribution in [1.29, 1.82) is 0 Å². The molecule has 7 heteroatoms. The van der Waals surface area contributed by atoms with E-state index in [1.165, 1.54) is 4.90 Å². The molecule has 0 spiro atoms. The highest BCUT2D eigenvalue weighted by Gasteiger charge is 2.51. The molecule has 3 aromatic rings. The minimum absolute atomic E-state index is 0.141. The van der Waals surface area contributed by atoms with Crippen LogP contribution in [0.15, 0.2) is 84.9 Å². The van der Waals surface area contributed by atoms with Crippen LogP contribution in [0.25, 0.3) is 11.1 Å². The fourth-order valence-corrected chi connectivity index (χ4v) is 4.01. The summed E-state index contributed by atoms with van der Waals surface area (Å²) in [4.78, 5) is 51.0. The molecule has 2 amide bonds. The molecular weight excluding hydrogens is 420 g/mol. The van der Waals surface area contributed by atoms with Gasteiger partial charge >= 0.3 is 5.97 Å². The van der Waals surface area contributed by atoms with Gasteiger partial charge < -0.3 is 15.3 Å². The number of carboxylic acids is 1. The van der Waals surface area contributed by atoms with E-state index in [1.54, 1.807) is 30.3 Å². The van der Waals surface area contributed by atoms with E-state index in [-0.39, 0.29) is 6.54 Å². The van der Waals surface area contributed by atoms with Gasteiger partial charge in [0.1, 0.15) is 12.6 Å². The second-order valence-electron chi connectivity index (χ2n) is 7.79. The highest BCUT2D eigenvalue weighted by atomic mass is 16.4. The fourth-order valence-electron chi connectivity index (χ4n) is 4.01. The van der Waals surface area contributed by atoms with Gasteiger partial charge in [0, 0.05) is 6.54 Å². The molecule has 0 saturated carbocycles. The van der Waals surface area contributed by atoms with Gasteiger partial charge in [-0.25, -0.2) is 0 Å². The van der Waals surface area contributed by atoms with Crippen LogP contribution in [0.2, 0.25) is 0 Å². The highest BCUT2D eigenvalue weighted by Crippen LogP contribution is 2.35. The second kappa shape index (κ2) is 9.48. The molecule has 166 valence electrons. The molecule has 1 heterocycles. The predicted octanol–water partition coefficient (Wildman–Crippen LogP) is 2.82. The first kappa shape index (κ1) is 22.0. The van der Waals surface area contributed by atoms with Gasteiger partial charge in [-0.15, -0.1) is 0 Å². The molecule has 2 unspecified atom stereocenters. The summed E-state index contributed by atoms with van der Waals surface area (Å²) in [6, 6.07) is 25.4. The molecule has 0 aromatic heterocycles. The zero-order valence-electron chi connectivity index (χ0n) is 17.7. The number of nitrogens with zero attached hydrogens (tertiary/aromatic N) is 1. The molecular formula is C26H22N2O5. The normalized spacial score (nSPS) is 17.8. The Kier molecular flexibility index (Phi) is 6.31. The number of ketones is 1. The van der Waals surface area contributed by atoms with Crippen molar-refractivity contribution in [2.75, 3.05) is 6.54 Å². The number of hydrogen-bond donors (Lipinski definition) is 2. The Morgan fingerprint density at radius 1 is 0.818 bits per heavy atom. The molecule has 4 rings (SSSR count). The molecule has 1 aliphatic heterocycles. The molecule has 0 aliphatic carbocycles. The van der Waals surface area contributed by atoms with Crippen molar-refractivity contribution in [2.45, 2.75) is 12.6 Å². The summed E-state index contributed by atoms with van der Waals surface area (Å²) >= 11 is 0. The number of aliphatic carboxylic acids is 1. The van der Waals surface area contributed by atoms with Crippen LogP contribution in [0.1, 0.15) is 17.2 Å². The van der Waals surface area contributed by atoms with Crippen LogP contribution in [0, 0.1) is 5.92 Å². The standard InChI is InChI=1S/C26H22N2O5/c29-21(30)15-27-25(32)22-24(31)23(20-9-5-2-6-10-20)28(26(22)33)16-17-11-13-19(14-12-17)18-7-3-1-4-8-18/h1-14,22-23H,15-16H2,(H,27,32)(H,29,30). The van der Waals surface area contributed by atoms with Crippen molar-refractivity contribution < 1.29 is 24.3 Å². The summed E-state index contributed by atoms with van der Waals surface area (Å²) in [5, 5.41) is 11.0. The number of carbonyl (C=O) groups excluding carboxylic acids is 3. The third-order valence-corrected chi connectivity index (χ3v) is 5.60. The maximum absolute atomic E-state index is 13.2. The third-order valence-electron chi connectivity index (χ3n) is 5.60. The largest absolute Gasteiger partial charge is 0.480 e. The van der Waals surface area contributed by atoms with E-state index in [1.807, 2.05) is 54.6 Å². The topological polar surface area (TPSA) is 104 Å². The average Bonchev–Trinajstić information content (AvgIpc) is 3.08. The lowest BCUT2D eigenvalue weighted by Gasteiger charge is -2.24. The average molecular weight is 442 g/mol. The van der Waals surface area contributed by atoms with Crippen molar-refractivity contribution in [3.63, 3.8) is 0 Å². The van der Waals surface area contributed by atoms with Crippen molar-refractivity contribution in [1.82, 2.24) is 10.2 Å². The molecule has 2 N–H and O–H groups in total. The number of nitrogens with one attached hydrogen (secondary N) is 1. The minimum atomic E-state index is -1.57. The molecule has 2 atom stereocenters. The predicted molar refractivity (Wildman–Crippen MR) is 121 cm³/mol. The summed E-state index contributed by atoms with van der Waals surface area (Å²) in [7, 11) is 0. The van der Waals surface area contributed by atoms with Crippen LogP contribution in [0.3, 0.4) is 0 Å². The quantitative estimate of drug-likeness (QED) is 0.548. The Morgan fingerprint density at radius 2 is 1.39 bits per heavy atom. The zero-order valence-corrected chi connectivity index (χ0v) is 17.7. The van der Waals surface area contributed by atoms with Crippen molar-refractivity contribution in [3.8, 4) is 11.1 Å². The van der Waals surface area contributed by atoms with Gasteiger partial charge in [-0.3, -0.25) is 19.2 Å². The zero-order chi connectivity index (χ0) is 23.4. The molecule has 0 radical (unpaired) electrons. The lowest BCUT2D eigenvalue weighted by Crippen LogP contribution is -2.40. The molecule has 33 heavy (non-hydrogen) atoms. The van der Waals surface area contributed by atoms with Crippen molar-refractivity contribution in [2.24, 2.45) is 5.92 Å². The van der Waals surface area contributed by atoms with Crippen LogP contribution in [0.4, 0.5) is 0 Å². The fraction of sp³-hybridized carbons (Fsp3) is 0.154. The number of hydrogen-bond acceptors (Lipinski definition) is 4. The monoisotopic (exact) mass is 442 g/mol. The lowest BCUT2D eigenvalue weighted by atomic mass is 9.97. The molecule has 1 fully saturated rings. The molecule has 0 bridgehead atoms. The second-order valence-corrected chi connectivity index (χ2v) is 7.79. The van der Waals surface area contributed by atoms with E-state index in [0.29, 0.717) is 5.56 Å². The van der Waals surface area contributed by atoms with E-state index in [4.69, 9.17) is 5.11 Å². The molecule has 1 aliphatic rings. The van der Waals surface area contributed by atoms with Gasteiger partial charge in [0.05, 0.1) is 0 Å². The summed E-state index contributed by atoms with van der Waals surface area (Å²) in [6.45, 7) is -0.519. The minimum Gasteiger partial charge on any atom is -0.480 e. The van der Waals surface area contributed by atoms with Gasteiger partial charge in [0.25, 0.3) is 0 Å². The van der Waals surface area contributed by atoms with E-state index in [2.05, 4.69) is 5.32 Å². The number of carbonyl (C=O) groups is 4. The smallest absolute Gasteiger partial charge is 0.322 e. The number of likely N-dealkylation sites (tertiary alicyclic amines) is 1. The van der Waals surface area contributed by atoms with Crippen molar-refractivity contribution >= 4 is 23.6 Å². The first-order valence-electron chi connectivity index (χ1n) is 10.5. The number of carboxylic acid groups (broad SMARTS) is 1. The molecule has 3 aromatic carbocycles. The van der Waals surface area contributed by atoms with Gasteiger partial charge in [-0.05, 0) is 22.3 Å². The maximum atomic E-state index is 13.2. The van der Waals surface area contributed by atoms with Crippen molar-refractivity contribution in [3.05, 3.63) is 96.1 Å². The number of rotatable bonds is 7. The molecule has 1 saturated heterocycles. The maximum Gasteiger partial charge on any atom is 0.322 e. The van der Waals surface area contributed by atoms with Gasteiger partial charge in [-0.2, -0.15) is 0 Å². The highest BCUT2D eigenvalue weighted by molar-refractivity contribution is 6.24. The summed E-state index contributed by atoms with van der Waals surface area (Å²) in [5.74, 6) is -4.91. The Bertz CT molecular complexity index is 1180. The summed E-state index contributed by atoms with van der Waals surface area (Å²) in [6.07, 6.45) is 0. The Balaban J connectivity index is 1.61. The Labute approximate surface area is 190 Å². The SMILES string of the molecule is O=C(O)CNC(=O)C1C(=O)C(c2ccccc2)N(Cc2ccc(-c3ccccc3)cc2)C1=O. The van der Waals surface area contributed by atoms with Crippen LogP contribution in [-0.2, 0) is 25.7 Å². The van der Waals surface area contributed by atoms with E-state index < -0.39 is 42.1 Å². The van der Waals surface area contributed by atoms with Gasteiger partial charge in [-0.1, -0.05) is 84.9 Å². The molecule has 7 nitrogen and oxygen atoms in total. The van der Waals surface area contributed by atoms with Crippen LogP contribution < -0.4 is 5.32 Å². The van der Waals surface area contributed by atoms with Gasteiger partial charge in [0.15, 0.2) is 11.7 Å². The van der Waals surface area contributed by atoms with Crippen LogP contribution in [-0.4, -0.2) is 40.1 Å². The van der Waals surface area contributed by atoms with E-state index >= 15 is 0 Å². The van der Waals surface area contributed by atoms with Crippen LogP contribution >= 0.6 is 0 Å². The summed E-state index contributed by atoms with van der Waals surface area (Å²) in [5.41, 5.74) is 3.50. The third kappa shape index (κ3) is 4.67. The lowest BCUT2D eigenvalue weighted by molar-refractivity contribution is -0.143. The van der Waals surface area contributed by atoms with Crippen LogP contribution in [0.5, 0.6) is 0 Å². The first-order valence-corrected chi connectivity index (χ1v) is 10.5. The number of Topliss-reactive ketones (excluding diaryl/α,β-unsaturated/α-hetero) is 1. The number of amides is 2.